The van der Waals surface area contributed by atoms with Gasteiger partial charge in [-0.25, -0.2) is 8.42 Å². The first-order valence-corrected chi connectivity index (χ1v) is 7.51. The molecule has 0 aromatic carbocycles. The van der Waals surface area contributed by atoms with Crippen LogP contribution in [0, 0.1) is 0 Å². The Kier molecular flexibility index (Phi) is 5.35. The van der Waals surface area contributed by atoms with E-state index in [9.17, 15) is 13.2 Å². The van der Waals surface area contributed by atoms with Crippen LogP contribution in [0.4, 0.5) is 0 Å². The van der Waals surface area contributed by atoms with Crippen molar-refractivity contribution in [2.45, 2.75) is 13.3 Å². The molecule has 0 aromatic rings. The van der Waals surface area contributed by atoms with Crippen LogP contribution in [-0.2, 0) is 14.8 Å². The molecule has 1 saturated heterocycles. The quantitative estimate of drug-likeness (QED) is 0.713. The third-order valence-corrected chi connectivity index (χ3v) is 4.70. The second-order valence-electron chi connectivity index (χ2n) is 4.14. The van der Waals surface area contributed by atoms with Crippen molar-refractivity contribution >= 4 is 15.9 Å². The Morgan fingerprint density at radius 1 is 1.35 bits per heavy atom. The molecule has 1 aliphatic heterocycles. The number of amides is 1. The van der Waals surface area contributed by atoms with E-state index in [0.717, 1.165) is 23.8 Å². The first-order chi connectivity index (χ1) is 7.97. The van der Waals surface area contributed by atoms with Gasteiger partial charge in [0.1, 0.15) is 0 Å². The molecule has 1 aliphatic rings. The van der Waals surface area contributed by atoms with Crippen molar-refractivity contribution < 1.29 is 13.2 Å². The predicted molar refractivity (Wildman–Crippen MR) is 66.2 cm³/mol. The minimum atomic E-state index is -3.27. The van der Waals surface area contributed by atoms with Gasteiger partial charge in [-0.15, -0.1) is 0 Å². The standard InChI is InChI=1S/C10H21N3O3S/c1-3-17(15,16)12(2)9-10(14)13-7-4-5-11-6-8-13/h11H,3-9H2,1-2H3. The fraction of sp³-hybridized carbons (Fsp3) is 0.900. The molecule has 100 valence electrons. The molecule has 1 fully saturated rings. The normalized spacial score (nSPS) is 18.2. The zero-order valence-corrected chi connectivity index (χ0v) is 11.3. The van der Waals surface area contributed by atoms with Crippen molar-refractivity contribution in [3.8, 4) is 0 Å². The summed E-state index contributed by atoms with van der Waals surface area (Å²) in [6.45, 7) is 4.55. The van der Waals surface area contributed by atoms with E-state index in [2.05, 4.69) is 5.32 Å². The summed E-state index contributed by atoms with van der Waals surface area (Å²) >= 11 is 0. The van der Waals surface area contributed by atoms with Crippen LogP contribution in [-0.4, -0.2) is 69.1 Å². The van der Waals surface area contributed by atoms with Crippen LogP contribution < -0.4 is 5.32 Å². The summed E-state index contributed by atoms with van der Waals surface area (Å²) < 4.78 is 24.2. The van der Waals surface area contributed by atoms with Crippen molar-refractivity contribution in [2.24, 2.45) is 0 Å². The number of carbonyl (C=O) groups excluding carboxylic acids is 1. The van der Waals surface area contributed by atoms with Crippen LogP contribution in [0.5, 0.6) is 0 Å². The topological polar surface area (TPSA) is 69.7 Å². The van der Waals surface area contributed by atoms with Gasteiger partial charge in [-0.1, -0.05) is 0 Å². The molecule has 0 atom stereocenters. The smallest absolute Gasteiger partial charge is 0.237 e. The molecule has 1 rings (SSSR count). The van der Waals surface area contributed by atoms with Crippen molar-refractivity contribution in [1.82, 2.24) is 14.5 Å². The van der Waals surface area contributed by atoms with Crippen molar-refractivity contribution in [2.75, 3.05) is 45.5 Å². The largest absolute Gasteiger partial charge is 0.340 e. The van der Waals surface area contributed by atoms with Gasteiger partial charge in [-0.2, -0.15) is 4.31 Å². The molecule has 1 heterocycles. The molecule has 0 bridgehead atoms. The minimum Gasteiger partial charge on any atom is -0.340 e. The number of hydrogen-bond donors (Lipinski definition) is 1. The van der Waals surface area contributed by atoms with Gasteiger partial charge in [0.2, 0.25) is 15.9 Å². The molecule has 1 N–H and O–H groups in total. The highest BCUT2D eigenvalue weighted by Gasteiger charge is 2.22. The maximum atomic E-state index is 11.9. The van der Waals surface area contributed by atoms with E-state index in [1.54, 1.807) is 11.8 Å². The highest BCUT2D eigenvalue weighted by molar-refractivity contribution is 7.89. The van der Waals surface area contributed by atoms with Crippen LogP contribution >= 0.6 is 0 Å². The monoisotopic (exact) mass is 263 g/mol. The molecule has 6 nitrogen and oxygen atoms in total. The molecule has 0 unspecified atom stereocenters. The highest BCUT2D eigenvalue weighted by Crippen LogP contribution is 2.01. The maximum absolute atomic E-state index is 11.9. The fourth-order valence-electron chi connectivity index (χ4n) is 1.70. The third-order valence-electron chi connectivity index (χ3n) is 2.89. The molecule has 17 heavy (non-hydrogen) atoms. The maximum Gasteiger partial charge on any atom is 0.237 e. The zero-order chi connectivity index (χ0) is 12.9. The van der Waals surface area contributed by atoms with E-state index in [1.165, 1.54) is 7.05 Å². The van der Waals surface area contributed by atoms with E-state index in [4.69, 9.17) is 0 Å². The lowest BCUT2D eigenvalue weighted by atomic mass is 10.4. The average molecular weight is 263 g/mol. The summed E-state index contributed by atoms with van der Waals surface area (Å²) in [5.74, 6) is -0.0913. The SMILES string of the molecule is CCS(=O)(=O)N(C)CC(=O)N1CCCNCC1. The molecular weight excluding hydrogens is 242 g/mol. The Morgan fingerprint density at radius 2 is 2.06 bits per heavy atom. The van der Waals surface area contributed by atoms with Gasteiger partial charge in [0, 0.05) is 26.7 Å². The summed E-state index contributed by atoms with van der Waals surface area (Å²) in [6, 6.07) is 0. The van der Waals surface area contributed by atoms with Crippen LogP contribution in [0.1, 0.15) is 13.3 Å². The summed E-state index contributed by atoms with van der Waals surface area (Å²) in [5.41, 5.74) is 0. The van der Waals surface area contributed by atoms with Crippen molar-refractivity contribution in [1.29, 1.82) is 0 Å². The summed E-state index contributed by atoms with van der Waals surface area (Å²) in [4.78, 5) is 13.6. The average Bonchev–Trinajstić information content (AvgIpc) is 2.57. The molecule has 0 saturated carbocycles. The summed E-state index contributed by atoms with van der Waals surface area (Å²) in [6.07, 6.45) is 0.913. The van der Waals surface area contributed by atoms with Gasteiger partial charge in [-0.3, -0.25) is 4.79 Å². The van der Waals surface area contributed by atoms with Gasteiger partial charge in [0.05, 0.1) is 12.3 Å². The van der Waals surface area contributed by atoms with Gasteiger partial charge < -0.3 is 10.2 Å². The molecule has 0 aliphatic carbocycles. The van der Waals surface area contributed by atoms with Crippen LogP contribution in [0.2, 0.25) is 0 Å². The van der Waals surface area contributed by atoms with Gasteiger partial charge in [0.25, 0.3) is 0 Å². The van der Waals surface area contributed by atoms with Crippen LogP contribution in [0.3, 0.4) is 0 Å². The number of nitrogens with one attached hydrogen (secondary N) is 1. The summed E-state index contributed by atoms with van der Waals surface area (Å²) in [7, 11) is -1.82. The molecule has 0 aromatic heterocycles. The fourth-order valence-corrected chi connectivity index (χ4v) is 2.45. The molecule has 7 heteroatoms. The van der Waals surface area contributed by atoms with E-state index >= 15 is 0 Å². The van der Waals surface area contributed by atoms with E-state index in [1.807, 2.05) is 0 Å². The van der Waals surface area contributed by atoms with Crippen molar-refractivity contribution in [3.63, 3.8) is 0 Å². The zero-order valence-electron chi connectivity index (χ0n) is 10.5. The number of sulfonamides is 1. The lowest BCUT2D eigenvalue weighted by molar-refractivity contribution is -0.131. The van der Waals surface area contributed by atoms with Crippen LogP contribution in [0.25, 0.3) is 0 Å². The molecular formula is C10H21N3O3S. The summed E-state index contributed by atoms with van der Waals surface area (Å²) in [5, 5.41) is 3.20. The Balaban J connectivity index is 2.53. The van der Waals surface area contributed by atoms with E-state index in [0.29, 0.717) is 13.1 Å². The minimum absolute atomic E-state index is 0.0261. The Bertz CT molecular complexity index is 348. The first-order valence-electron chi connectivity index (χ1n) is 5.90. The number of likely N-dealkylation sites (N-methyl/N-ethyl adjacent to an activating group) is 1. The number of rotatable bonds is 4. The third kappa shape index (κ3) is 4.25. The number of nitrogens with zero attached hydrogens (tertiary/aromatic N) is 2. The highest BCUT2D eigenvalue weighted by atomic mass is 32.2. The molecule has 0 spiro atoms. The van der Waals surface area contributed by atoms with Crippen molar-refractivity contribution in [3.05, 3.63) is 0 Å². The second kappa shape index (κ2) is 6.32. The van der Waals surface area contributed by atoms with Gasteiger partial charge in [0.15, 0.2) is 0 Å². The number of hydrogen-bond acceptors (Lipinski definition) is 4. The van der Waals surface area contributed by atoms with E-state index < -0.39 is 10.0 Å². The number of carbonyl (C=O) groups is 1. The van der Waals surface area contributed by atoms with Crippen LogP contribution in [0.15, 0.2) is 0 Å². The second-order valence-corrected chi connectivity index (χ2v) is 6.51. The lowest BCUT2D eigenvalue weighted by Gasteiger charge is -2.23. The lowest BCUT2D eigenvalue weighted by Crippen LogP contribution is -2.42. The molecule has 1 amide bonds. The van der Waals surface area contributed by atoms with Gasteiger partial charge in [-0.05, 0) is 19.9 Å². The first kappa shape index (κ1) is 14.4. The Hall–Kier alpha value is -0.660. The predicted octanol–water partition coefficient (Wildman–Crippen LogP) is -0.910. The Morgan fingerprint density at radius 3 is 2.71 bits per heavy atom. The Labute approximate surface area is 103 Å². The van der Waals surface area contributed by atoms with Gasteiger partial charge >= 0.3 is 0 Å². The van der Waals surface area contributed by atoms with E-state index in [-0.39, 0.29) is 18.2 Å². The molecule has 0 radical (unpaired) electrons.